The smallest absolute Gasteiger partial charge is 0.363 e. The number of aliphatic imine (C=N–C) groups is 1. The largest absolute Gasteiger partial charge is 0.493 e. The number of aromatic nitrogens is 1. The van der Waals surface area contributed by atoms with Gasteiger partial charge in [-0.25, -0.2) is 9.79 Å². The molecule has 2 heterocycles. The zero-order valence-corrected chi connectivity index (χ0v) is 14.2. The van der Waals surface area contributed by atoms with Crippen LogP contribution >= 0.6 is 0 Å². The molecule has 0 spiro atoms. The molecule has 1 aliphatic heterocycles. The summed E-state index contributed by atoms with van der Waals surface area (Å²) < 4.78 is 12.6. The minimum absolute atomic E-state index is 0.194. The molecular weight excluding hydrogens is 318 g/mol. The van der Waals surface area contributed by atoms with Gasteiger partial charge in [0, 0.05) is 12.7 Å². The highest BCUT2D eigenvalue weighted by atomic mass is 16.6. The number of rotatable bonds is 4. The van der Waals surface area contributed by atoms with Crippen molar-refractivity contribution >= 4 is 17.9 Å². The number of nitriles is 1. The van der Waals surface area contributed by atoms with Gasteiger partial charge in [0.2, 0.25) is 5.90 Å². The fourth-order valence-corrected chi connectivity index (χ4v) is 2.57. The summed E-state index contributed by atoms with van der Waals surface area (Å²) in [5, 5.41) is 9.12. The van der Waals surface area contributed by atoms with Crippen LogP contribution in [0.3, 0.4) is 0 Å². The molecule has 0 N–H and O–H groups in total. The van der Waals surface area contributed by atoms with Crippen LogP contribution in [-0.2, 0) is 16.6 Å². The number of para-hydroxylation sites is 1. The highest BCUT2D eigenvalue weighted by Gasteiger charge is 2.26. The van der Waals surface area contributed by atoms with Crippen LogP contribution in [0.15, 0.2) is 41.0 Å². The van der Waals surface area contributed by atoms with Crippen molar-refractivity contribution in [1.29, 1.82) is 5.26 Å². The minimum atomic E-state index is -0.525. The Bertz CT molecular complexity index is 945. The van der Waals surface area contributed by atoms with Gasteiger partial charge < -0.3 is 14.0 Å². The van der Waals surface area contributed by atoms with E-state index in [4.69, 9.17) is 14.7 Å². The van der Waals surface area contributed by atoms with Crippen LogP contribution in [0.25, 0.3) is 6.08 Å². The number of ether oxygens (including phenoxy) is 2. The second-order valence-corrected chi connectivity index (χ2v) is 5.51. The Hall–Kier alpha value is -3.33. The van der Waals surface area contributed by atoms with Crippen molar-refractivity contribution in [3.8, 4) is 11.8 Å². The van der Waals surface area contributed by atoms with Crippen LogP contribution in [0.2, 0.25) is 0 Å². The Balaban J connectivity index is 2.00. The predicted molar refractivity (Wildman–Crippen MR) is 93.1 cm³/mol. The van der Waals surface area contributed by atoms with E-state index in [-0.39, 0.29) is 11.6 Å². The van der Waals surface area contributed by atoms with Gasteiger partial charge in [-0.2, -0.15) is 5.26 Å². The fraction of sp³-hybridized carbons (Fsp3) is 0.211. The van der Waals surface area contributed by atoms with Crippen molar-refractivity contribution in [3.05, 3.63) is 58.5 Å². The molecule has 6 heteroatoms. The van der Waals surface area contributed by atoms with E-state index in [1.54, 1.807) is 35.9 Å². The van der Waals surface area contributed by atoms with E-state index in [9.17, 15) is 4.79 Å². The zero-order chi connectivity index (χ0) is 18.0. The molecule has 0 radical (unpaired) electrons. The molecule has 0 saturated carbocycles. The number of hydrogen-bond acceptors (Lipinski definition) is 5. The monoisotopic (exact) mass is 335 g/mol. The first-order chi connectivity index (χ1) is 12.0. The SMILES string of the molecule is CCOc1ccccc1C1=N/C(=C\c2cc(C#N)n(C)c2C)C(=O)O1. The normalized spacial score (nSPS) is 15.0. The van der Waals surface area contributed by atoms with Gasteiger partial charge >= 0.3 is 5.97 Å². The van der Waals surface area contributed by atoms with E-state index in [2.05, 4.69) is 11.1 Å². The number of benzene rings is 1. The molecule has 0 saturated heterocycles. The lowest BCUT2D eigenvalue weighted by molar-refractivity contribution is -0.129. The fourth-order valence-electron chi connectivity index (χ4n) is 2.57. The second-order valence-electron chi connectivity index (χ2n) is 5.51. The molecule has 0 bridgehead atoms. The highest BCUT2D eigenvalue weighted by Crippen LogP contribution is 2.26. The molecule has 1 aliphatic rings. The van der Waals surface area contributed by atoms with Crippen molar-refractivity contribution in [2.24, 2.45) is 12.0 Å². The summed E-state index contributed by atoms with van der Waals surface area (Å²) in [4.78, 5) is 16.5. The van der Waals surface area contributed by atoms with Crippen LogP contribution in [0.1, 0.15) is 29.4 Å². The van der Waals surface area contributed by atoms with Crippen LogP contribution in [0.5, 0.6) is 5.75 Å². The van der Waals surface area contributed by atoms with Gasteiger partial charge in [-0.15, -0.1) is 0 Å². The first kappa shape index (κ1) is 16.5. The molecule has 1 aromatic heterocycles. The van der Waals surface area contributed by atoms with Crippen LogP contribution in [-0.4, -0.2) is 23.0 Å². The average molecular weight is 335 g/mol. The van der Waals surface area contributed by atoms with Gasteiger partial charge in [-0.05, 0) is 43.7 Å². The predicted octanol–water partition coefficient (Wildman–Crippen LogP) is 2.95. The summed E-state index contributed by atoms with van der Waals surface area (Å²) in [6.07, 6.45) is 1.63. The third kappa shape index (κ3) is 3.04. The van der Waals surface area contributed by atoms with Crippen molar-refractivity contribution in [1.82, 2.24) is 4.57 Å². The highest BCUT2D eigenvalue weighted by molar-refractivity contribution is 6.13. The van der Waals surface area contributed by atoms with Gasteiger partial charge in [-0.1, -0.05) is 12.1 Å². The first-order valence-corrected chi connectivity index (χ1v) is 7.86. The van der Waals surface area contributed by atoms with Crippen LogP contribution < -0.4 is 4.74 Å². The zero-order valence-electron chi connectivity index (χ0n) is 14.2. The second kappa shape index (κ2) is 6.65. The lowest BCUT2D eigenvalue weighted by atomic mass is 10.2. The van der Waals surface area contributed by atoms with E-state index < -0.39 is 5.97 Å². The molecule has 0 fully saturated rings. The maximum Gasteiger partial charge on any atom is 0.363 e. The number of nitrogens with zero attached hydrogens (tertiary/aromatic N) is 3. The van der Waals surface area contributed by atoms with Crippen molar-refractivity contribution in [3.63, 3.8) is 0 Å². The number of carbonyl (C=O) groups excluding carboxylic acids is 1. The molecule has 0 unspecified atom stereocenters. The Morgan fingerprint density at radius 2 is 2.16 bits per heavy atom. The number of carbonyl (C=O) groups is 1. The number of cyclic esters (lactones) is 1. The number of hydrogen-bond donors (Lipinski definition) is 0. The Morgan fingerprint density at radius 3 is 2.84 bits per heavy atom. The van der Waals surface area contributed by atoms with E-state index in [0.717, 1.165) is 11.3 Å². The summed E-state index contributed by atoms with van der Waals surface area (Å²) in [7, 11) is 1.80. The summed E-state index contributed by atoms with van der Waals surface area (Å²) in [6, 6.07) is 11.1. The van der Waals surface area contributed by atoms with Gasteiger partial charge in [0.05, 0.1) is 12.2 Å². The van der Waals surface area contributed by atoms with Crippen LogP contribution in [0, 0.1) is 18.3 Å². The van der Waals surface area contributed by atoms with Gasteiger partial charge in [-0.3, -0.25) is 0 Å². The molecule has 6 nitrogen and oxygen atoms in total. The van der Waals surface area contributed by atoms with E-state index in [0.29, 0.717) is 23.6 Å². The standard InChI is InChI=1S/C19H17N3O3/c1-4-24-17-8-6-5-7-15(17)18-21-16(19(23)25-18)10-13-9-14(11-20)22(3)12(13)2/h5-10H,4H2,1-3H3/b16-10-. The lowest BCUT2D eigenvalue weighted by Crippen LogP contribution is -2.07. The van der Waals surface area contributed by atoms with Crippen molar-refractivity contribution in [2.75, 3.05) is 6.61 Å². The van der Waals surface area contributed by atoms with E-state index in [1.807, 2.05) is 26.0 Å². The summed E-state index contributed by atoms with van der Waals surface area (Å²) in [5.41, 5.74) is 2.97. The maximum absolute atomic E-state index is 12.2. The summed E-state index contributed by atoms with van der Waals surface area (Å²) >= 11 is 0. The van der Waals surface area contributed by atoms with Crippen molar-refractivity contribution in [2.45, 2.75) is 13.8 Å². The lowest BCUT2D eigenvalue weighted by Gasteiger charge is -2.08. The summed E-state index contributed by atoms with van der Waals surface area (Å²) in [5.74, 6) is 0.304. The molecule has 1 aromatic carbocycles. The van der Waals surface area contributed by atoms with Gasteiger partial charge in [0.25, 0.3) is 0 Å². The topological polar surface area (TPSA) is 76.6 Å². The third-order valence-corrected chi connectivity index (χ3v) is 4.02. The van der Waals surface area contributed by atoms with E-state index >= 15 is 0 Å². The molecule has 3 rings (SSSR count). The van der Waals surface area contributed by atoms with Gasteiger partial charge in [0.15, 0.2) is 5.70 Å². The molecule has 0 atom stereocenters. The molecule has 0 aliphatic carbocycles. The molecule has 126 valence electrons. The maximum atomic E-state index is 12.2. The third-order valence-electron chi connectivity index (χ3n) is 4.02. The first-order valence-electron chi connectivity index (χ1n) is 7.86. The summed E-state index contributed by atoms with van der Waals surface area (Å²) in [6.45, 7) is 4.26. The molecular formula is C19H17N3O3. The van der Waals surface area contributed by atoms with Crippen LogP contribution in [0.4, 0.5) is 0 Å². The Morgan fingerprint density at radius 1 is 1.40 bits per heavy atom. The molecule has 2 aromatic rings. The Labute approximate surface area is 145 Å². The average Bonchev–Trinajstić information content (AvgIpc) is 3.10. The van der Waals surface area contributed by atoms with E-state index in [1.165, 1.54) is 0 Å². The number of esters is 1. The Kier molecular flexibility index (Phi) is 4.40. The van der Waals surface area contributed by atoms with Gasteiger partial charge in [0.1, 0.15) is 17.5 Å². The van der Waals surface area contributed by atoms with Crippen molar-refractivity contribution < 1.29 is 14.3 Å². The molecule has 25 heavy (non-hydrogen) atoms. The quantitative estimate of drug-likeness (QED) is 0.636. The molecule has 0 amide bonds. The minimum Gasteiger partial charge on any atom is -0.493 e.